The number of nitrogens with one attached hydrogen (secondary N) is 2. The van der Waals surface area contributed by atoms with Crippen LogP contribution in [0.3, 0.4) is 0 Å². The van der Waals surface area contributed by atoms with E-state index in [0.717, 1.165) is 10.9 Å². The van der Waals surface area contributed by atoms with Crippen molar-refractivity contribution in [3.05, 3.63) is 35.5 Å². The quantitative estimate of drug-likeness (QED) is 0.798. The van der Waals surface area contributed by atoms with Crippen LogP contribution in [0.15, 0.2) is 30.5 Å². The second kappa shape index (κ2) is 4.37. The summed E-state index contributed by atoms with van der Waals surface area (Å²) in [4.78, 5) is 15.5. The van der Waals surface area contributed by atoms with Crippen LogP contribution in [0, 0.1) is 0 Å². The highest BCUT2D eigenvalue weighted by Crippen LogP contribution is 2.29. The first kappa shape index (κ1) is 10.7. The number of benzene rings is 1. The highest BCUT2D eigenvalue weighted by Gasteiger charge is 2.08. The number of aromatic nitrogens is 1. The van der Waals surface area contributed by atoms with Crippen molar-refractivity contribution in [2.24, 2.45) is 0 Å². The van der Waals surface area contributed by atoms with Gasteiger partial charge in [-0.3, -0.25) is 4.98 Å². The van der Waals surface area contributed by atoms with Crippen molar-refractivity contribution in [3.63, 3.8) is 0 Å². The van der Waals surface area contributed by atoms with Crippen molar-refractivity contribution in [1.82, 2.24) is 10.3 Å². The average Bonchev–Trinajstić information content (AvgIpc) is 2.32. The molecular formula is C11H10ClN3O. The number of pyridine rings is 1. The second-order valence-electron chi connectivity index (χ2n) is 3.20. The zero-order chi connectivity index (χ0) is 11.5. The summed E-state index contributed by atoms with van der Waals surface area (Å²) in [6, 6.07) is 6.88. The van der Waals surface area contributed by atoms with Crippen molar-refractivity contribution in [2.45, 2.75) is 0 Å². The fourth-order valence-corrected chi connectivity index (χ4v) is 1.64. The zero-order valence-electron chi connectivity index (χ0n) is 8.62. The molecule has 1 aromatic carbocycles. The molecule has 2 amide bonds. The molecule has 0 bridgehead atoms. The van der Waals surface area contributed by atoms with Crippen LogP contribution >= 0.6 is 11.6 Å². The number of anilines is 1. The predicted molar refractivity (Wildman–Crippen MR) is 64.8 cm³/mol. The fourth-order valence-electron chi connectivity index (χ4n) is 1.43. The van der Waals surface area contributed by atoms with Gasteiger partial charge >= 0.3 is 6.03 Å². The van der Waals surface area contributed by atoms with Gasteiger partial charge in [0.2, 0.25) is 0 Å². The Morgan fingerprint density at radius 3 is 2.94 bits per heavy atom. The Morgan fingerprint density at radius 1 is 1.38 bits per heavy atom. The molecule has 2 N–H and O–H groups in total. The molecule has 0 aliphatic rings. The molecule has 82 valence electrons. The molecule has 0 radical (unpaired) electrons. The lowest BCUT2D eigenvalue weighted by molar-refractivity contribution is 0.254. The van der Waals surface area contributed by atoms with Crippen LogP contribution in [-0.2, 0) is 0 Å². The van der Waals surface area contributed by atoms with Crippen molar-refractivity contribution in [2.75, 3.05) is 12.4 Å². The van der Waals surface area contributed by atoms with E-state index < -0.39 is 0 Å². The highest BCUT2D eigenvalue weighted by molar-refractivity contribution is 6.35. The molecule has 0 aliphatic carbocycles. The first-order chi connectivity index (χ1) is 7.72. The molecule has 0 fully saturated rings. The zero-order valence-corrected chi connectivity index (χ0v) is 9.38. The van der Waals surface area contributed by atoms with Crippen LogP contribution in [0.5, 0.6) is 0 Å². The van der Waals surface area contributed by atoms with E-state index in [1.165, 1.54) is 0 Å². The lowest BCUT2D eigenvalue weighted by Crippen LogP contribution is -2.24. The number of urea groups is 1. The van der Waals surface area contributed by atoms with Gasteiger partial charge in [-0.25, -0.2) is 4.79 Å². The number of halogens is 1. The normalized spacial score (nSPS) is 10.1. The summed E-state index contributed by atoms with van der Waals surface area (Å²) >= 11 is 6.03. The Hall–Kier alpha value is -1.81. The van der Waals surface area contributed by atoms with Crippen LogP contribution in [0.25, 0.3) is 10.9 Å². The minimum absolute atomic E-state index is 0.307. The minimum Gasteiger partial charge on any atom is -0.341 e. The fraction of sp³-hybridized carbons (Fsp3) is 0.0909. The monoisotopic (exact) mass is 235 g/mol. The van der Waals surface area contributed by atoms with Crippen molar-refractivity contribution < 1.29 is 4.79 Å². The molecule has 16 heavy (non-hydrogen) atoms. The first-order valence-corrected chi connectivity index (χ1v) is 5.12. The Labute approximate surface area is 97.6 Å². The summed E-state index contributed by atoms with van der Waals surface area (Å²) in [5.74, 6) is 0. The lowest BCUT2D eigenvalue weighted by Gasteiger charge is -2.09. The molecule has 0 saturated carbocycles. The number of carbonyl (C=O) groups excluding carboxylic acids is 1. The van der Waals surface area contributed by atoms with Gasteiger partial charge in [0.25, 0.3) is 0 Å². The molecule has 0 unspecified atom stereocenters. The van der Waals surface area contributed by atoms with E-state index in [4.69, 9.17) is 11.6 Å². The second-order valence-corrected chi connectivity index (χ2v) is 3.60. The number of fused-ring (bicyclic) bond motifs is 1. The maximum atomic E-state index is 11.3. The first-order valence-electron chi connectivity index (χ1n) is 4.74. The molecular weight excluding hydrogens is 226 g/mol. The molecule has 2 rings (SSSR count). The molecule has 0 aliphatic heterocycles. The third kappa shape index (κ3) is 1.92. The van der Waals surface area contributed by atoms with Crippen LogP contribution in [-0.4, -0.2) is 18.1 Å². The summed E-state index contributed by atoms with van der Waals surface area (Å²) in [5.41, 5.74) is 1.37. The maximum Gasteiger partial charge on any atom is 0.319 e. The van der Waals surface area contributed by atoms with E-state index >= 15 is 0 Å². The highest BCUT2D eigenvalue weighted by atomic mass is 35.5. The molecule has 0 spiro atoms. The van der Waals surface area contributed by atoms with Crippen molar-refractivity contribution in [1.29, 1.82) is 0 Å². The predicted octanol–water partition coefficient (Wildman–Crippen LogP) is 2.64. The number of amides is 2. The number of rotatable bonds is 1. The van der Waals surface area contributed by atoms with Gasteiger partial charge in [-0.1, -0.05) is 11.6 Å². The summed E-state index contributed by atoms with van der Waals surface area (Å²) in [5, 5.41) is 6.47. The molecule has 5 heteroatoms. The van der Waals surface area contributed by atoms with E-state index in [-0.39, 0.29) is 6.03 Å². The topological polar surface area (TPSA) is 54.0 Å². The molecule has 4 nitrogen and oxygen atoms in total. The lowest BCUT2D eigenvalue weighted by atomic mass is 10.2. The SMILES string of the molecule is CNC(=O)Nc1c(Cl)ccc2ncccc12. The van der Waals surface area contributed by atoms with Crippen LogP contribution in [0.4, 0.5) is 10.5 Å². The molecule has 1 aromatic heterocycles. The van der Waals surface area contributed by atoms with Gasteiger partial charge in [-0.05, 0) is 24.3 Å². The Bertz CT molecular complexity index is 542. The number of hydrogen-bond donors (Lipinski definition) is 2. The molecule has 0 atom stereocenters. The summed E-state index contributed by atoms with van der Waals surface area (Å²) < 4.78 is 0. The number of carbonyl (C=O) groups is 1. The standard InChI is InChI=1S/C11H10ClN3O/c1-13-11(16)15-10-7-3-2-6-14-9(7)5-4-8(10)12/h2-6H,1H3,(H2,13,15,16). The summed E-state index contributed by atoms with van der Waals surface area (Å²) in [7, 11) is 1.55. The van der Waals surface area contributed by atoms with Gasteiger partial charge < -0.3 is 10.6 Å². The summed E-state index contributed by atoms with van der Waals surface area (Å²) in [6.07, 6.45) is 1.69. The third-order valence-electron chi connectivity index (χ3n) is 2.20. The maximum absolute atomic E-state index is 11.3. The Morgan fingerprint density at radius 2 is 2.19 bits per heavy atom. The van der Waals surface area contributed by atoms with Crippen LogP contribution in [0.1, 0.15) is 0 Å². The van der Waals surface area contributed by atoms with E-state index in [0.29, 0.717) is 10.7 Å². The smallest absolute Gasteiger partial charge is 0.319 e. The van der Waals surface area contributed by atoms with Gasteiger partial charge in [0.15, 0.2) is 0 Å². The number of nitrogens with zero attached hydrogens (tertiary/aromatic N) is 1. The molecule has 0 saturated heterocycles. The largest absolute Gasteiger partial charge is 0.341 e. The minimum atomic E-state index is -0.307. The van der Waals surface area contributed by atoms with Gasteiger partial charge in [0.1, 0.15) is 0 Å². The van der Waals surface area contributed by atoms with E-state index in [9.17, 15) is 4.79 Å². The third-order valence-corrected chi connectivity index (χ3v) is 2.51. The van der Waals surface area contributed by atoms with E-state index in [2.05, 4.69) is 15.6 Å². The van der Waals surface area contributed by atoms with Crippen LogP contribution < -0.4 is 10.6 Å². The van der Waals surface area contributed by atoms with E-state index in [1.54, 1.807) is 25.4 Å². The number of hydrogen-bond acceptors (Lipinski definition) is 2. The van der Waals surface area contributed by atoms with Crippen molar-refractivity contribution >= 4 is 34.2 Å². The van der Waals surface area contributed by atoms with E-state index in [1.807, 2.05) is 12.1 Å². The average molecular weight is 236 g/mol. The Kier molecular flexibility index (Phi) is 2.92. The van der Waals surface area contributed by atoms with Crippen molar-refractivity contribution in [3.8, 4) is 0 Å². The molecule has 2 aromatic rings. The van der Waals surface area contributed by atoms with Gasteiger partial charge in [0, 0.05) is 18.6 Å². The molecule has 1 heterocycles. The van der Waals surface area contributed by atoms with Gasteiger partial charge in [-0.2, -0.15) is 0 Å². The van der Waals surface area contributed by atoms with Gasteiger partial charge in [0.05, 0.1) is 16.2 Å². The van der Waals surface area contributed by atoms with Gasteiger partial charge in [-0.15, -0.1) is 0 Å². The van der Waals surface area contributed by atoms with Crippen LogP contribution in [0.2, 0.25) is 5.02 Å². The summed E-state index contributed by atoms with van der Waals surface area (Å²) in [6.45, 7) is 0. The Balaban J connectivity index is 2.57.